The Kier molecular flexibility index (Phi) is 3.71. The molecular formula is C16H14F2N2. The molecule has 0 atom stereocenters. The Labute approximate surface area is 116 Å². The van der Waals surface area contributed by atoms with Gasteiger partial charge in [-0.15, -0.1) is 0 Å². The van der Waals surface area contributed by atoms with Crippen molar-refractivity contribution < 1.29 is 8.78 Å². The zero-order chi connectivity index (χ0) is 14.9. The summed E-state index contributed by atoms with van der Waals surface area (Å²) >= 11 is 0. The molecule has 2 aromatic carbocycles. The molecule has 0 saturated carbocycles. The summed E-state index contributed by atoms with van der Waals surface area (Å²) in [6.45, 7) is 5.72. The summed E-state index contributed by atoms with van der Waals surface area (Å²) < 4.78 is 27.7. The Balaban J connectivity index is 2.49. The Morgan fingerprint density at radius 3 is 1.85 bits per heavy atom. The zero-order valence-corrected chi connectivity index (χ0v) is 11.5. The first-order chi connectivity index (χ1) is 9.42. The third-order valence-electron chi connectivity index (χ3n) is 3.10. The van der Waals surface area contributed by atoms with E-state index in [1.807, 2.05) is 32.9 Å². The van der Waals surface area contributed by atoms with Crippen molar-refractivity contribution in [3.8, 4) is 6.07 Å². The number of rotatable bonds is 2. The van der Waals surface area contributed by atoms with Crippen molar-refractivity contribution in [2.45, 2.75) is 20.8 Å². The zero-order valence-electron chi connectivity index (χ0n) is 11.5. The molecule has 0 unspecified atom stereocenters. The predicted molar refractivity (Wildman–Crippen MR) is 75.0 cm³/mol. The second-order valence-electron chi connectivity index (χ2n) is 4.83. The van der Waals surface area contributed by atoms with Crippen LogP contribution >= 0.6 is 0 Å². The minimum absolute atomic E-state index is 0.0390. The van der Waals surface area contributed by atoms with E-state index < -0.39 is 11.6 Å². The van der Waals surface area contributed by atoms with E-state index in [2.05, 4.69) is 5.32 Å². The molecule has 0 amide bonds. The Hall–Kier alpha value is -2.41. The normalized spacial score (nSPS) is 10.2. The van der Waals surface area contributed by atoms with Crippen LogP contribution in [0.15, 0.2) is 24.3 Å². The van der Waals surface area contributed by atoms with Gasteiger partial charge >= 0.3 is 0 Å². The summed E-state index contributed by atoms with van der Waals surface area (Å²) in [6.07, 6.45) is 0. The molecule has 0 aliphatic rings. The topological polar surface area (TPSA) is 35.8 Å². The van der Waals surface area contributed by atoms with Crippen LogP contribution in [0.4, 0.5) is 20.2 Å². The summed E-state index contributed by atoms with van der Waals surface area (Å²) in [5, 5.41) is 11.5. The van der Waals surface area contributed by atoms with Crippen molar-refractivity contribution >= 4 is 11.4 Å². The van der Waals surface area contributed by atoms with Crippen LogP contribution in [0.5, 0.6) is 0 Å². The van der Waals surface area contributed by atoms with E-state index in [-0.39, 0.29) is 11.3 Å². The van der Waals surface area contributed by atoms with Crippen LogP contribution < -0.4 is 5.32 Å². The Bertz CT molecular complexity index is 669. The van der Waals surface area contributed by atoms with Crippen molar-refractivity contribution in [1.29, 1.82) is 5.26 Å². The Morgan fingerprint density at radius 1 is 0.900 bits per heavy atom. The molecule has 2 aromatic rings. The van der Waals surface area contributed by atoms with Crippen LogP contribution in [-0.2, 0) is 0 Å². The standard InChI is InChI=1S/C16H14F2N2/c1-9-4-10(2)15(11(3)5-9)20-16-13(17)6-12(8-19)7-14(16)18/h4-7,20H,1-3H3. The molecule has 20 heavy (non-hydrogen) atoms. The molecule has 0 saturated heterocycles. The number of anilines is 2. The second kappa shape index (κ2) is 5.30. The first-order valence-corrected chi connectivity index (χ1v) is 6.16. The highest BCUT2D eigenvalue weighted by atomic mass is 19.1. The van der Waals surface area contributed by atoms with Gasteiger partial charge in [-0.1, -0.05) is 17.7 Å². The molecule has 0 heterocycles. The molecule has 102 valence electrons. The van der Waals surface area contributed by atoms with E-state index in [1.54, 1.807) is 6.07 Å². The fraction of sp³-hybridized carbons (Fsp3) is 0.188. The van der Waals surface area contributed by atoms with Gasteiger partial charge in [-0.05, 0) is 44.0 Å². The largest absolute Gasteiger partial charge is 0.350 e. The highest BCUT2D eigenvalue weighted by molar-refractivity contribution is 5.68. The lowest BCUT2D eigenvalue weighted by atomic mass is 10.0. The minimum Gasteiger partial charge on any atom is -0.350 e. The number of nitriles is 1. The van der Waals surface area contributed by atoms with Crippen molar-refractivity contribution in [3.05, 3.63) is 58.2 Å². The Morgan fingerprint density at radius 2 is 1.40 bits per heavy atom. The lowest BCUT2D eigenvalue weighted by Crippen LogP contribution is -2.02. The first-order valence-electron chi connectivity index (χ1n) is 6.16. The number of nitrogens with zero attached hydrogens (tertiary/aromatic N) is 1. The minimum atomic E-state index is -0.777. The van der Waals surface area contributed by atoms with Crippen LogP contribution in [0.1, 0.15) is 22.3 Å². The number of halogens is 2. The number of hydrogen-bond donors (Lipinski definition) is 1. The molecular weight excluding hydrogens is 258 g/mol. The van der Waals surface area contributed by atoms with E-state index in [4.69, 9.17) is 5.26 Å². The summed E-state index contributed by atoms with van der Waals surface area (Å²) in [4.78, 5) is 0. The van der Waals surface area contributed by atoms with E-state index in [0.717, 1.165) is 28.8 Å². The maximum absolute atomic E-state index is 13.9. The molecule has 0 aliphatic carbocycles. The number of benzene rings is 2. The maximum Gasteiger partial charge on any atom is 0.150 e. The molecule has 2 nitrogen and oxygen atoms in total. The maximum atomic E-state index is 13.9. The molecule has 0 bridgehead atoms. The smallest absolute Gasteiger partial charge is 0.150 e. The van der Waals surface area contributed by atoms with Gasteiger partial charge in [0.25, 0.3) is 0 Å². The monoisotopic (exact) mass is 272 g/mol. The lowest BCUT2D eigenvalue weighted by Gasteiger charge is -2.15. The molecule has 4 heteroatoms. The van der Waals surface area contributed by atoms with Gasteiger partial charge in [-0.3, -0.25) is 0 Å². The van der Waals surface area contributed by atoms with E-state index in [0.29, 0.717) is 5.69 Å². The SMILES string of the molecule is Cc1cc(C)c(Nc2c(F)cc(C#N)cc2F)c(C)c1. The predicted octanol–water partition coefficient (Wildman–Crippen LogP) is 4.51. The van der Waals surface area contributed by atoms with Crippen molar-refractivity contribution in [3.63, 3.8) is 0 Å². The molecule has 0 radical (unpaired) electrons. The summed E-state index contributed by atoms with van der Waals surface area (Å²) in [6, 6.07) is 7.64. The average Bonchev–Trinajstić information content (AvgIpc) is 2.35. The van der Waals surface area contributed by atoms with Crippen LogP contribution in [0.3, 0.4) is 0 Å². The third-order valence-corrected chi connectivity index (χ3v) is 3.10. The quantitative estimate of drug-likeness (QED) is 0.873. The highest BCUT2D eigenvalue weighted by Crippen LogP contribution is 2.29. The van der Waals surface area contributed by atoms with Crippen LogP contribution in [0.2, 0.25) is 0 Å². The van der Waals surface area contributed by atoms with Crippen molar-refractivity contribution in [2.75, 3.05) is 5.32 Å². The third kappa shape index (κ3) is 2.62. The summed E-state index contributed by atoms with van der Waals surface area (Å²) in [7, 11) is 0. The highest BCUT2D eigenvalue weighted by Gasteiger charge is 2.13. The van der Waals surface area contributed by atoms with Gasteiger partial charge < -0.3 is 5.32 Å². The van der Waals surface area contributed by atoms with Crippen LogP contribution in [0, 0.1) is 43.7 Å². The summed E-state index contributed by atoms with van der Waals surface area (Å²) in [5.74, 6) is -1.55. The van der Waals surface area contributed by atoms with Crippen molar-refractivity contribution in [1.82, 2.24) is 0 Å². The van der Waals surface area contributed by atoms with Gasteiger partial charge in [0.1, 0.15) is 5.69 Å². The van der Waals surface area contributed by atoms with Gasteiger partial charge in [0.15, 0.2) is 11.6 Å². The molecule has 2 rings (SSSR count). The number of hydrogen-bond acceptors (Lipinski definition) is 2. The van der Waals surface area contributed by atoms with Gasteiger partial charge in [0.2, 0.25) is 0 Å². The summed E-state index contributed by atoms with van der Waals surface area (Å²) in [5.41, 5.74) is 3.31. The molecule has 0 fully saturated rings. The molecule has 0 spiro atoms. The van der Waals surface area contributed by atoms with Gasteiger partial charge in [0.05, 0.1) is 11.6 Å². The van der Waals surface area contributed by atoms with E-state index in [1.165, 1.54) is 0 Å². The molecule has 0 aromatic heterocycles. The van der Waals surface area contributed by atoms with Crippen LogP contribution in [-0.4, -0.2) is 0 Å². The number of aryl methyl sites for hydroxylation is 3. The van der Waals surface area contributed by atoms with Gasteiger partial charge in [-0.25, -0.2) is 8.78 Å². The second-order valence-corrected chi connectivity index (χ2v) is 4.83. The van der Waals surface area contributed by atoms with Crippen molar-refractivity contribution in [2.24, 2.45) is 0 Å². The lowest BCUT2D eigenvalue weighted by molar-refractivity contribution is 0.590. The van der Waals surface area contributed by atoms with Gasteiger partial charge in [0, 0.05) is 5.69 Å². The molecule has 0 aliphatic heterocycles. The average molecular weight is 272 g/mol. The fourth-order valence-corrected chi connectivity index (χ4v) is 2.26. The number of nitrogens with one attached hydrogen (secondary N) is 1. The van der Waals surface area contributed by atoms with Crippen LogP contribution in [0.25, 0.3) is 0 Å². The van der Waals surface area contributed by atoms with E-state index >= 15 is 0 Å². The fourth-order valence-electron chi connectivity index (χ4n) is 2.26. The first kappa shape index (κ1) is 14.0. The van der Waals surface area contributed by atoms with Gasteiger partial charge in [-0.2, -0.15) is 5.26 Å². The van der Waals surface area contributed by atoms with E-state index in [9.17, 15) is 8.78 Å². The molecule has 1 N–H and O–H groups in total.